The van der Waals surface area contributed by atoms with Crippen molar-refractivity contribution in [3.05, 3.63) is 22.2 Å². The molecule has 106 valence electrons. The van der Waals surface area contributed by atoms with Gasteiger partial charge in [0, 0.05) is 24.6 Å². The van der Waals surface area contributed by atoms with Gasteiger partial charge in [0.2, 0.25) is 5.52 Å². The van der Waals surface area contributed by atoms with Crippen molar-refractivity contribution in [2.75, 3.05) is 11.9 Å². The molecule has 3 rings (SSSR count). The molecule has 1 aromatic heterocycles. The molecule has 1 saturated carbocycles. The molecule has 8 nitrogen and oxygen atoms in total. The van der Waals surface area contributed by atoms with Gasteiger partial charge in [0.1, 0.15) is 0 Å². The van der Waals surface area contributed by atoms with Crippen LogP contribution in [0.4, 0.5) is 11.4 Å². The number of nitro groups is 1. The molecule has 0 aliphatic heterocycles. The monoisotopic (exact) mass is 278 g/mol. The maximum absolute atomic E-state index is 10.9. The highest BCUT2D eigenvalue weighted by atomic mass is 16.6. The summed E-state index contributed by atoms with van der Waals surface area (Å²) >= 11 is 0. The highest BCUT2D eigenvalue weighted by Gasteiger charge is 2.28. The summed E-state index contributed by atoms with van der Waals surface area (Å²) in [6.45, 7) is 0.130. The molecule has 1 heterocycles. The zero-order chi connectivity index (χ0) is 14.1. The third-order valence-corrected chi connectivity index (χ3v) is 3.83. The van der Waals surface area contributed by atoms with E-state index in [2.05, 4.69) is 20.3 Å². The van der Waals surface area contributed by atoms with Crippen LogP contribution in [0.1, 0.15) is 19.3 Å². The highest BCUT2D eigenvalue weighted by molar-refractivity contribution is 5.93. The summed E-state index contributed by atoms with van der Waals surface area (Å²) in [6, 6.07) is 3.14. The molecule has 2 unspecified atom stereocenters. The number of nitrogens with zero attached hydrogens (tertiary/aromatic N) is 3. The predicted octanol–water partition coefficient (Wildman–Crippen LogP) is 1.70. The Morgan fingerprint density at radius 3 is 2.95 bits per heavy atom. The van der Waals surface area contributed by atoms with Crippen LogP contribution >= 0.6 is 0 Å². The average Bonchev–Trinajstić information content (AvgIpc) is 3.06. The second-order valence-electron chi connectivity index (χ2n) is 4.98. The lowest BCUT2D eigenvalue weighted by Gasteiger charge is -2.20. The molecule has 1 aromatic carbocycles. The van der Waals surface area contributed by atoms with Crippen molar-refractivity contribution in [1.82, 2.24) is 10.3 Å². The van der Waals surface area contributed by atoms with Crippen molar-refractivity contribution in [1.29, 1.82) is 0 Å². The zero-order valence-corrected chi connectivity index (χ0v) is 10.7. The standard InChI is InChI=1S/C12H14N4O4/c17-6-7-2-1-3-8(7)13-9-4-5-10(16(18)19)12-11(9)14-20-15-12/h4-5,7-8,13,17H,1-3,6H2. The molecular formula is C12H14N4O4. The Balaban J connectivity index is 1.95. The average molecular weight is 278 g/mol. The molecule has 1 aliphatic carbocycles. The lowest BCUT2D eigenvalue weighted by atomic mass is 10.0. The second-order valence-corrected chi connectivity index (χ2v) is 4.98. The molecule has 0 saturated heterocycles. The smallest absolute Gasteiger partial charge is 0.300 e. The van der Waals surface area contributed by atoms with Gasteiger partial charge in [-0.25, -0.2) is 4.63 Å². The van der Waals surface area contributed by atoms with E-state index in [1.54, 1.807) is 6.07 Å². The number of non-ortho nitro benzene ring substituents is 1. The molecule has 0 spiro atoms. The van der Waals surface area contributed by atoms with E-state index in [0.29, 0.717) is 11.2 Å². The summed E-state index contributed by atoms with van der Waals surface area (Å²) in [5.41, 5.74) is 1.01. The Kier molecular flexibility index (Phi) is 3.23. The van der Waals surface area contributed by atoms with Crippen LogP contribution in [0.3, 0.4) is 0 Å². The number of aliphatic hydroxyl groups is 1. The van der Waals surface area contributed by atoms with Crippen molar-refractivity contribution in [3.63, 3.8) is 0 Å². The van der Waals surface area contributed by atoms with E-state index in [0.717, 1.165) is 19.3 Å². The predicted molar refractivity (Wildman–Crippen MR) is 70.3 cm³/mol. The Morgan fingerprint density at radius 2 is 2.20 bits per heavy atom. The van der Waals surface area contributed by atoms with Crippen molar-refractivity contribution in [3.8, 4) is 0 Å². The number of anilines is 1. The minimum Gasteiger partial charge on any atom is -0.396 e. The van der Waals surface area contributed by atoms with Crippen LogP contribution in [0.25, 0.3) is 11.0 Å². The van der Waals surface area contributed by atoms with Gasteiger partial charge in [0.25, 0.3) is 0 Å². The van der Waals surface area contributed by atoms with Crippen LogP contribution in [0, 0.1) is 16.0 Å². The largest absolute Gasteiger partial charge is 0.396 e. The minimum absolute atomic E-state index is 0.128. The Hall–Kier alpha value is -2.22. The van der Waals surface area contributed by atoms with Crippen LogP contribution in [0.5, 0.6) is 0 Å². The molecule has 2 aromatic rings. The summed E-state index contributed by atoms with van der Waals surface area (Å²) in [5.74, 6) is 0.195. The first-order valence-corrected chi connectivity index (χ1v) is 6.47. The van der Waals surface area contributed by atoms with Gasteiger partial charge in [-0.15, -0.1) is 0 Å². The van der Waals surface area contributed by atoms with Crippen LogP contribution in [-0.2, 0) is 0 Å². The van der Waals surface area contributed by atoms with Crippen molar-refractivity contribution >= 4 is 22.4 Å². The van der Waals surface area contributed by atoms with Gasteiger partial charge in [-0.05, 0) is 29.2 Å². The fourth-order valence-corrected chi connectivity index (χ4v) is 2.76. The van der Waals surface area contributed by atoms with E-state index in [1.807, 2.05) is 0 Å². The maximum atomic E-state index is 10.9. The molecule has 20 heavy (non-hydrogen) atoms. The molecule has 2 atom stereocenters. The fraction of sp³-hybridized carbons (Fsp3) is 0.500. The van der Waals surface area contributed by atoms with E-state index in [1.165, 1.54) is 6.07 Å². The summed E-state index contributed by atoms with van der Waals surface area (Å²) in [6.07, 6.45) is 2.98. The number of nitrogens with one attached hydrogen (secondary N) is 1. The Labute approximate surface area is 113 Å². The van der Waals surface area contributed by atoms with Crippen LogP contribution in [-0.4, -0.2) is 33.0 Å². The molecule has 0 radical (unpaired) electrons. The van der Waals surface area contributed by atoms with Crippen molar-refractivity contribution in [2.24, 2.45) is 5.92 Å². The van der Waals surface area contributed by atoms with Crippen molar-refractivity contribution < 1.29 is 14.7 Å². The van der Waals surface area contributed by atoms with Crippen molar-refractivity contribution in [2.45, 2.75) is 25.3 Å². The summed E-state index contributed by atoms with van der Waals surface area (Å²) in [5, 5.41) is 30.9. The number of aliphatic hydroxyl groups excluding tert-OH is 1. The normalized spacial score (nSPS) is 22.2. The topological polar surface area (TPSA) is 114 Å². The van der Waals surface area contributed by atoms with E-state index < -0.39 is 4.92 Å². The summed E-state index contributed by atoms with van der Waals surface area (Å²) in [7, 11) is 0. The SMILES string of the molecule is O=[N+]([O-])c1ccc(NC2CCCC2CO)c2nonc12. The number of hydrogen-bond donors (Lipinski definition) is 2. The highest BCUT2D eigenvalue weighted by Crippen LogP contribution is 2.33. The zero-order valence-electron chi connectivity index (χ0n) is 10.7. The van der Waals surface area contributed by atoms with Gasteiger partial charge < -0.3 is 10.4 Å². The number of fused-ring (bicyclic) bond motifs is 1. The number of aromatic nitrogens is 2. The number of benzene rings is 1. The molecule has 1 aliphatic rings. The third-order valence-electron chi connectivity index (χ3n) is 3.83. The van der Waals surface area contributed by atoms with E-state index in [-0.39, 0.29) is 29.8 Å². The van der Waals surface area contributed by atoms with Gasteiger partial charge >= 0.3 is 5.69 Å². The second kappa shape index (κ2) is 5.04. The Morgan fingerprint density at radius 1 is 1.40 bits per heavy atom. The van der Waals surface area contributed by atoms with Gasteiger partial charge in [0.05, 0.1) is 10.6 Å². The first kappa shape index (κ1) is 12.8. The maximum Gasteiger partial charge on any atom is 0.300 e. The fourth-order valence-electron chi connectivity index (χ4n) is 2.76. The third kappa shape index (κ3) is 2.07. The van der Waals surface area contributed by atoms with Gasteiger partial charge in [0.15, 0.2) is 5.52 Å². The molecular weight excluding hydrogens is 264 g/mol. The van der Waals surface area contributed by atoms with Gasteiger partial charge in [-0.2, -0.15) is 0 Å². The summed E-state index contributed by atoms with van der Waals surface area (Å²) in [4.78, 5) is 10.4. The van der Waals surface area contributed by atoms with Crippen LogP contribution in [0.15, 0.2) is 16.8 Å². The number of hydrogen-bond acceptors (Lipinski definition) is 7. The lowest BCUT2D eigenvalue weighted by Crippen LogP contribution is -2.26. The van der Waals surface area contributed by atoms with E-state index >= 15 is 0 Å². The first-order valence-electron chi connectivity index (χ1n) is 6.47. The summed E-state index contributed by atoms with van der Waals surface area (Å²) < 4.78 is 4.62. The molecule has 8 heteroatoms. The molecule has 0 amide bonds. The van der Waals surface area contributed by atoms with E-state index in [9.17, 15) is 15.2 Å². The van der Waals surface area contributed by atoms with Crippen LogP contribution < -0.4 is 5.32 Å². The first-order chi connectivity index (χ1) is 9.70. The van der Waals surface area contributed by atoms with Crippen LogP contribution in [0.2, 0.25) is 0 Å². The molecule has 2 N–H and O–H groups in total. The van der Waals surface area contributed by atoms with Gasteiger partial charge in [-0.3, -0.25) is 10.1 Å². The number of nitro benzene ring substituents is 1. The Bertz CT molecular complexity index is 641. The van der Waals surface area contributed by atoms with Gasteiger partial charge in [-0.1, -0.05) is 6.42 Å². The van der Waals surface area contributed by atoms with E-state index in [4.69, 9.17) is 0 Å². The lowest BCUT2D eigenvalue weighted by molar-refractivity contribution is -0.383. The molecule has 0 bridgehead atoms. The molecule has 1 fully saturated rings. The number of rotatable bonds is 4. The quantitative estimate of drug-likeness (QED) is 0.646. The minimum atomic E-state index is -0.511.